The molecule has 0 spiro atoms. The first-order valence-electron chi connectivity index (χ1n) is 6.00. The van der Waals surface area contributed by atoms with E-state index in [0.29, 0.717) is 12.2 Å². The lowest BCUT2D eigenvalue weighted by molar-refractivity contribution is 0.0927. The van der Waals surface area contributed by atoms with Crippen molar-refractivity contribution in [1.29, 1.82) is 0 Å². The van der Waals surface area contributed by atoms with Crippen molar-refractivity contribution in [3.63, 3.8) is 0 Å². The van der Waals surface area contributed by atoms with Gasteiger partial charge in [0, 0.05) is 20.1 Å². The first kappa shape index (κ1) is 12.1. The van der Waals surface area contributed by atoms with Crippen LogP contribution < -0.4 is 10.6 Å². The Labute approximate surface area is 102 Å². The molecule has 5 nitrogen and oxygen atoms in total. The zero-order chi connectivity index (χ0) is 12.5. The molecule has 0 saturated carbocycles. The number of nitrogens with zero attached hydrogens (tertiary/aromatic N) is 2. The van der Waals surface area contributed by atoms with Gasteiger partial charge >= 0.3 is 0 Å². The predicted octanol–water partition coefficient (Wildman–Crippen LogP) is 0.458. The molecule has 5 heteroatoms. The van der Waals surface area contributed by atoms with Gasteiger partial charge in [0.2, 0.25) is 0 Å². The monoisotopic (exact) mass is 236 g/mol. The molecule has 1 aliphatic heterocycles. The van der Waals surface area contributed by atoms with Crippen molar-refractivity contribution in [1.82, 2.24) is 20.4 Å². The van der Waals surface area contributed by atoms with Gasteiger partial charge in [-0.15, -0.1) is 0 Å². The summed E-state index contributed by atoms with van der Waals surface area (Å²) in [6.07, 6.45) is 1.11. The molecule has 17 heavy (non-hydrogen) atoms. The summed E-state index contributed by atoms with van der Waals surface area (Å²) in [6, 6.07) is 1.81. The third-order valence-electron chi connectivity index (χ3n) is 3.37. The molecular weight excluding hydrogens is 216 g/mol. The van der Waals surface area contributed by atoms with Crippen LogP contribution in [0.4, 0.5) is 0 Å². The van der Waals surface area contributed by atoms with Crippen LogP contribution in [-0.2, 0) is 7.05 Å². The fourth-order valence-corrected chi connectivity index (χ4v) is 2.23. The Bertz CT molecular complexity index is 418. The van der Waals surface area contributed by atoms with Crippen molar-refractivity contribution in [2.75, 3.05) is 19.6 Å². The average Bonchev–Trinajstić information content (AvgIpc) is 2.83. The normalized spacial score (nSPS) is 23.9. The third kappa shape index (κ3) is 2.66. The number of hydrogen-bond donors (Lipinski definition) is 2. The molecule has 1 aromatic rings. The summed E-state index contributed by atoms with van der Waals surface area (Å²) in [6.45, 7) is 6.80. The molecule has 1 amide bonds. The Kier molecular flexibility index (Phi) is 3.19. The van der Waals surface area contributed by atoms with E-state index >= 15 is 0 Å². The van der Waals surface area contributed by atoms with E-state index in [0.717, 1.165) is 25.2 Å². The molecule has 2 N–H and O–H groups in total. The van der Waals surface area contributed by atoms with Gasteiger partial charge in [0.25, 0.3) is 5.91 Å². The number of aromatic nitrogens is 2. The fourth-order valence-electron chi connectivity index (χ4n) is 2.23. The minimum absolute atomic E-state index is 0.0405. The second-order valence-electron chi connectivity index (χ2n) is 5.21. The zero-order valence-corrected chi connectivity index (χ0v) is 10.7. The lowest BCUT2D eigenvalue weighted by atomic mass is 9.90. The van der Waals surface area contributed by atoms with Gasteiger partial charge in [-0.3, -0.25) is 9.48 Å². The van der Waals surface area contributed by atoms with Crippen LogP contribution in [0, 0.1) is 12.3 Å². The smallest absolute Gasteiger partial charge is 0.269 e. The van der Waals surface area contributed by atoms with E-state index < -0.39 is 0 Å². The molecular formula is C12H20N4O. The Morgan fingerprint density at radius 2 is 2.47 bits per heavy atom. The van der Waals surface area contributed by atoms with Crippen LogP contribution in [0.5, 0.6) is 0 Å². The number of nitrogens with one attached hydrogen (secondary N) is 2. The van der Waals surface area contributed by atoms with Crippen LogP contribution in [0.2, 0.25) is 0 Å². The maximum Gasteiger partial charge on any atom is 0.269 e. The number of rotatable bonds is 3. The highest BCUT2D eigenvalue weighted by atomic mass is 16.2. The quantitative estimate of drug-likeness (QED) is 0.801. The van der Waals surface area contributed by atoms with Crippen LogP contribution in [0.1, 0.15) is 29.5 Å². The number of carbonyl (C=O) groups is 1. The molecule has 1 unspecified atom stereocenters. The maximum atomic E-state index is 12.0. The van der Waals surface area contributed by atoms with E-state index in [9.17, 15) is 4.79 Å². The van der Waals surface area contributed by atoms with Gasteiger partial charge in [-0.05, 0) is 31.4 Å². The number of amides is 1. The molecule has 0 aromatic carbocycles. The molecule has 1 fully saturated rings. The molecule has 1 aromatic heterocycles. The van der Waals surface area contributed by atoms with E-state index in [2.05, 4.69) is 22.7 Å². The molecule has 2 rings (SSSR count). The summed E-state index contributed by atoms with van der Waals surface area (Å²) in [5.74, 6) is -0.0405. The SMILES string of the molecule is Cc1cc(C(=O)NCC2(C)CCNC2)n(C)n1. The maximum absolute atomic E-state index is 12.0. The first-order valence-corrected chi connectivity index (χ1v) is 6.00. The zero-order valence-electron chi connectivity index (χ0n) is 10.7. The second kappa shape index (κ2) is 4.49. The van der Waals surface area contributed by atoms with Gasteiger partial charge in [0.05, 0.1) is 5.69 Å². The van der Waals surface area contributed by atoms with E-state index in [1.54, 1.807) is 11.7 Å². The third-order valence-corrected chi connectivity index (χ3v) is 3.37. The van der Waals surface area contributed by atoms with Crippen molar-refractivity contribution >= 4 is 5.91 Å². The molecule has 0 bridgehead atoms. The van der Waals surface area contributed by atoms with Crippen LogP contribution in [0.3, 0.4) is 0 Å². The number of aryl methyl sites for hydroxylation is 2. The van der Waals surface area contributed by atoms with Crippen LogP contribution in [-0.4, -0.2) is 35.3 Å². The largest absolute Gasteiger partial charge is 0.350 e. The topological polar surface area (TPSA) is 59.0 Å². The lowest BCUT2D eigenvalue weighted by Gasteiger charge is -2.22. The molecule has 2 heterocycles. The number of carbonyl (C=O) groups excluding carboxylic acids is 1. The highest BCUT2D eigenvalue weighted by molar-refractivity contribution is 5.92. The first-order chi connectivity index (χ1) is 8.00. The van der Waals surface area contributed by atoms with Gasteiger partial charge in [-0.25, -0.2) is 0 Å². The van der Waals surface area contributed by atoms with Crippen molar-refractivity contribution in [3.05, 3.63) is 17.5 Å². The Balaban J connectivity index is 1.95. The Morgan fingerprint density at radius 1 is 1.71 bits per heavy atom. The summed E-state index contributed by atoms with van der Waals surface area (Å²) in [7, 11) is 1.79. The summed E-state index contributed by atoms with van der Waals surface area (Å²) in [4.78, 5) is 12.0. The van der Waals surface area contributed by atoms with Crippen LogP contribution in [0.25, 0.3) is 0 Å². The minimum Gasteiger partial charge on any atom is -0.350 e. The molecule has 0 aliphatic carbocycles. The highest BCUT2D eigenvalue weighted by Crippen LogP contribution is 2.23. The standard InChI is InChI=1S/C12H20N4O/c1-9-6-10(16(3)15-9)11(17)14-8-12(2)4-5-13-7-12/h6,13H,4-5,7-8H2,1-3H3,(H,14,17). The second-order valence-corrected chi connectivity index (χ2v) is 5.21. The van der Waals surface area contributed by atoms with Crippen molar-refractivity contribution < 1.29 is 4.79 Å². The molecule has 94 valence electrons. The van der Waals surface area contributed by atoms with Gasteiger partial charge in [0.15, 0.2) is 0 Å². The van der Waals surface area contributed by atoms with E-state index in [1.807, 2.05) is 13.0 Å². The lowest BCUT2D eigenvalue weighted by Crippen LogP contribution is -2.37. The minimum atomic E-state index is -0.0405. The summed E-state index contributed by atoms with van der Waals surface area (Å²) >= 11 is 0. The van der Waals surface area contributed by atoms with Gasteiger partial charge in [0.1, 0.15) is 5.69 Å². The van der Waals surface area contributed by atoms with Crippen LogP contribution in [0.15, 0.2) is 6.07 Å². The fraction of sp³-hybridized carbons (Fsp3) is 0.667. The Hall–Kier alpha value is -1.36. The highest BCUT2D eigenvalue weighted by Gasteiger charge is 2.29. The Morgan fingerprint density at radius 3 is 3.00 bits per heavy atom. The van der Waals surface area contributed by atoms with Crippen molar-refractivity contribution in [2.24, 2.45) is 12.5 Å². The van der Waals surface area contributed by atoms with Gasteiger partial charge in [-0.1, -0.05) is 6.92 Å². The van der Waals surface area contributed by atoms with Gasteiger partial charge < -0.3 is 10.6 Å². The summed E-state index contributed by atoms with van der Waals surface area (Å²) < 4.78 is 1.62. The van der Waals surface area contributed by atoms with Gasteiger partial charge in [-0.2, -0.15) is 5.10 Å². The van der Waals surface area contributed by atoms with E-state index in [1.165, 1.54) is 0 Å². The number of hydrogen-bond acceptors (Lipinski definition) is 3. The summed E-state index contributed by atoms with van der Waals surface area (Å²) in [5.41, 5.74) is 1.67. The summed E-state index contributed by atoms with van der Waals surface area (Å²) in [5, 5.41) is 10.5. The van der Waals surface area contributed by atoms with E-state index in [-0.39, 0.29) is 11.3 Å². The van der Waals surface area contributed by atoms with Crippen molar-refractivity contribution in [2.45, 2.75) is 20.3 Å². The predicted molar refractivity (Wildman–Crippen MR) is 65.9 cm³/mol. The van der Waals surface area contributed by atoms with Crippen LogP contribution >= 0.6 is 0 Å². The molecule has 0 radical (unpaired) electrons. The van der Waals surface area contributed by atoms with E-state index in [4.69, 9.17) is 0 Å². The molecule has 1 saturated heterocycles. The molecule has 1 aliphatic rings. The average molecular weight is 236 g/mol. The van der Waals surface area contributed by atoms with Crippen molar-refractivity contribution in [3.8, 4) is 0 Å². The molecule has 1 atom stereocenters.